The number of carbonyl (C=O) groups is 2. The fourth-order valence-electron chi connectivity index (χ4n) is 4.23. The van der Waals surface area contributed by atoms with E-state index >= 15 is 0 Å². The van der Waals surface area contributed by atoms with Crippen LogP contribution < -0.4 is 0 Å². The molecule has 0 unspecified atom stereocenters. The molecule has 0 aliphatic carbocycles. The molecule has 2 amide bonds. The lowest BCUT2D eigenvalue weighted by Gasteiger charge is -2.34. The third-order valence-corrected chi connectivity index (χ3v) is 5.46. The van der Waals surface area contributed by atoms with Gasteiger partial charge in [-0.2, -0.15) is 0 Å². The molecular weight excluding hydrogens is 361 g/mol. The Morgan fingerprint density at radius 3 is 2.54 bits per heavy atom. The molecule has 28 heavy (non-hydrogen) atoms. The lowest BCUT2D eigenvalue weighted by Crippen LogP contribution is -2.42. The first-order valence-electron chi connectivity index (χ1n) is 9.74. The summed E-state index contributed by atoms with van der Waals surface area (Å²) in [6.07, 6.45) is 1.57. The van der Waals surface area contributed by atoms with Gasteiger partial charge < -0.3 is 14.2 Å². The number of benzene rings is 1. The maximum Gasteiger partial charge on any atom is 0.309 e. The van der Waals surface area contributed by atoms with Crippen LogP contribution in [0.3, 0.4) is 0 Å². The summed E-state index contributed by atoms with van der Waals surface area (Å²) >= 11 is 0. The second-order valence-corrected chi connectivity index (χ2v) is 8.00. The molecule has 1 fully saturated rings. The van der Waals surface area contributed by atoms with Crippen LogP contribution in [-0.2, 0) is 13.0 Å². The van der Waals surface area contributed by atoms with Gasteiger partial charge in [0.1, 0.15) is 17.3 Å². The standard InChI is InChI=1S/C21H24FN3O3/c1-13-9-14(2)11-25(10-13)21(27)19-23-17-12-24(8-7-18(17)28-19)20(26)15-5-3-4-6-16(15)22/h3-6,13-14H,7-12H2,1-2H3/t13-,14-/m1/s1. The van der Waals surface area contributed by atoms with Crippen LogP contribution in [0.2, 0.25) is 0 Å². The van der Waals surface area contributed by atoms with Crippen molar-refractivity contribution in [1.82, 2.24) is 14.8 Å². The third-order valence-electron chi connectivity index (χ3n) is 5.46. The number of carbonyl (C=O) groups excluding carboxylic acids is 2. The van der Waals surface area contributed by atoms with Crippen LogP contribution in [0.5, 0.6) is 0 Å². The largest absolute Gasteiger partial charge is 0.437 e. The van der Waals surface area contributed by atoms with Crippen molar-refractivity contribution < 1.29 is 18.4 Å². The quantitative estimate of drug-likeness (QED) is 0.797. The van der Waals surface area contributed by atoms with Crippen LogP contribution >= 0.6 is 0 Å². The highest BCUT2D eigenvalue weighted by molar-refractivity contribution is 5.94. The molecule has 2 aliphatic rings. The average molecular weight is 385 g/mol. The van der Waals surface area contributed by atoms with Gasteiger partial charge in [-0.1, -0.05) is 26.0 Å². The number of oxazole rings is 1. The van der Waals surface area contributed by atoms with Crippen molar-refractivity contribution in [1.29, 1.82) is 0 Å². The predicted molar refractivity (Wildman–Crippen MR) is 100 cm³/mol. The van der Waals surface area contributed by atoms with E-state index in [4.69, 9.17) is 4.42 Å². The summed E-state index contributed by atoms with van der Waals surface area (Å²) < 4.78 is 19.7. The molecule has 2 aliphatic heterocycles. The molecule has 4 rings (SSSR count). The lowest BCUT2D eigenvalue weighted by atomic mass is 9.92. The second-order valence-electron chi connectivity index (χ2n) is 8.00. The Balaban J connectivity index is 1.50. The lowest BCUT2D eigenvalue weighted by molar-refractivity contribution is 0.0580. The molecule has 0 N–H and O–H groups in total. The van der Waals surface area contributed by atoms with Crippen molar-refractivity contribution in [3.8, 4) is 0 Å². The van der Waals surface area contributed by atoms with Crippen LogP contribution in [0.4, 0.5) is 4.39 Å². The first-order valence-corrected chi connectivity index (χ1v) is 9.74. The van der Waals surface area contributed by atoms with Crippen molar-refractivity contribution >= 4 is 11.8 Å². The van der Waals surface area contributed by atoms with Gasteiger partial charge in [-0.05, 0) is 30.4 Å². The van der Waals surface area contributed by atoms with Crippen LogP contribution in [-0.4, -0.2) is 46.2 Å². The van der Waals surface area contributed by atoms with Gasteiger partial charge in [-0.15, -0.1) is 0 Å². The zero-order valence-electron chi connectivity index (χ0n) is 16.2. The number of nitrogens with zero attached hydrogens (tertiary/aromatic N) is 3. The van der Waals surface area contributed by atoms with Gasteiger partial charge >= 0.3 is 5.91 Å². The van der Waals surface area contributed by atoms with E-state index in [9.17, 15) is 14.0 Å². The van der Waals surface area contributed by atoms with Crippen LogP contribution in [0.25, 0.3) is 0 Å². The fraction of sp³-hybridized carbons (Fsp3) is 0.476. The van der Waals surface area contributed by atoms with Gasteiger partial charge in [0.25, 0.3) is 11.8 Å². The number of hydrogen-bond donors (Lipinski definition) is 0. The number of fused-ring (bicyclic) bond motifs is 1. The molecule has 2 aromatic rings. The van der Waals surface area contributed by atoms with Gasteiger partial charge in [-0.3, -0.25) is 9.59 Å². The predicted octanol–water partition coefficient (Wildman–Crippen LogP) is 3.13. The highest BCUT2D eigenvalue weighted by atomic mass is 19.1. The van der Waals surface area contributed by atoms with Crippen molar-refractivity contribution in [3.05, 3.63) is 53.0 Å². The summed E-state index contributed by atoms with van der Waals surface area (Å²) in [5.74, 6) is 0.517. The van der Waals surface area contributed by atoms with Gasteiger partial charge in [0.05, 0.1) is 12.1 Å². The van der Waals surface area contributed by atoms with Crippen molar-refractivity contribution in [2.24, 2.45) is 11.8 Å². The van der Waals surface area contributed by atoms with Crippen molar-refractivity contribution in [2.45, 2.75) is 33.2 Å². The smallest absolute Gasteiger partial charge is 0.309 e. The minimum atomic E-state index is -0.539. The molecule has 148 valence electrons. The van der Waals surface area contributed by atoms with Crippen LogP contribution in [0.1, 0.15) is 52.8 Å². The van der Waals surface area contributed by atoms with E-state index in [2.05, 4.69) is 18.8 Å². The molecule has 6 nitrogen and oxygen atoms in total. The minimum absolute atomic E-state index is 0.0436. The van der Waals surface area contributed by atoms with E-state index in [-0.39, 0.29) is 29.8 Å². The first kappa shape index (κ1) is 18.7. The monoisotopic (exact) mass is 385 g/mol. The molecule has 7 heteroatoms. The SMILES string of the molecule is C[C@@H]1C[C@@H](C)CN(C(=O)c2nc3c(o2)CCN(C(=O)c2ccccc2F)C3)C1. The second kappa shape index (κ2) is 7.37. The summed E-state index contributed by atoms with van der Waals surface area (Å²) in [7, 11) is 0. The van der Waals surface area contributed by atoms with Gasteiger partial charge in [-0.25, -0.2) is 9.37 Å². The molecule has 3 heterocycles. The van der Waals surface area contributed by atoms with E-state index in [0.29, 0.717) is 49.3 Å². The van der Waals surface area contributed by atoms with Gasteiger partial charge in [0, 0.05) is 26.1 Å². The average Bonchev–Trinajstić information content (AvgIpc) is 3.09. The molecule has 0 saturated carbocycles. The van der Waals surface area contributed by atoms with E-state index < -0.39 is 5.82 Å². The molecular formula is C21H24FN3O3. The molecule has 2 atom stereocenters. The number of rotatable bonds is 2. The topological polar surface area (TPSA) is 66.7 Å². The van der Waals surface area contributed by atoms with E-state index in [0.717, 1.165) is 6.42 Å². The van der Waals surface area contributed by atoms with Crippen molar-refractivity contribution in [2.75, 3.05) is 19.6 Å². The van der Waals surface area contributed by atoms with Crippen molar-refractivity contribution in [3.63, 3.8) is 0 Å². The number of likely N-dealkylation sites (tertiary alicyclic amines) is 1. The maximum absolute atomic E-state index is 13.9. The van der Waals surface area contributed by atoms with E-state index in [1.807, 2.05) is 0 Å². The van der Waals surface area contributed by atoms with Gasteiger partial charge in [0.15, 0.2) is 0 Å². The summed E-state index contributed by atoms with van der Waals surface area (Å²) in [5, 5.41) is 0. The summed E-state index contributed by atoms with van der Waals surface area (Å²) in [4.78, 5) is 33.2. The van der Waals surface area contributed by atoms with E-state index in [1.54, 1.807) is 21.9 Å². The number of aromatic nitrogens is 1. The Morgan fingerprint density at radius 1 is 1.11 bits per heavy atom. The molecule has 0 spiro atoms. The fourth-order valence-corrected chi connectivity index (χ4v) is 4.23. The van der Waals surface area contributed by atoms with Crippen LogP contribution in [0, 0.1) is 17.7 Å². The summed E-state index contributed by atoms with van der Waals surface area (Å²) in [6.45, 7) is 6.31. The number of hydrogen-bond acceptors (Lipinski definition) is 4. The molecule has 1 saturated heterocycles. The van der Waals surface area contributed by atoms with Crippen LogP contribution in [0.15, 0.2) is 28.7 Å². The number of amides is 2. The Labute approximate surface area is 163 Å². The summed E-state index contributed by atoms with van der Waals surface area (Å²) in [5.41, 5.74) is 0.624. The molecule has 1 aromatic carbocycles. The molecule has 0 bridgehead atoms. The normalized spacial score (nSPS) is 22.1. The first-order chi connectivity index (χ1) is 13.4. The Hall–Kier alpha value is -2.70. The number of halogens is 1. The highest BCUT2D eigenvalue weighted by Gasteiger charge is 2.32. The third kappa shape index (κ3) is 3.53. The minimum Gasteiger partial charge on any atom is -0.437 e. The zero-order chi connectivity index (χ0) is 19.8. The van der Waals surface area contributed by atoms with Gasteiger partial charge in [0.2, 0.25) is 0 Å². The van der Waals surface area contributed by atoms with E-state index in [1.165, 1.54) is 12.1 Å². The Morgan fingerprint density at radius 2 is 1.82 bits per heavy atom. The molecule has 0 radical (unpaired) electrons. The Kier molecular flexibility index (Phi) is 4.91. The summed E-state index contributed by atoms with van der Waals surface area (Å²) in [6, 6.07) is 5.94. The highest BCUT2D eigenvalue weighted by Crippen LogP contribution is 2.25. The number of piperidine rings is 1. The Bertz CT molecular complexity index is 900. The maximum atomic E-state index is 13.9. The zero-order valence-corrected chi connectivity index (χ0v) is 16.2. The molecule has 1 aromatic heterocycles.